The van der Waals surface area contributed by atoms with E-state index in [-0.39, 0.29) is 12.0 Å². The highest BCUT2D eigenvalue weighted by Crippen LogP contribution is 2.37. The molecule has 0 spiro atoms. The van der Waals surface area contributed by atoms with Crippen LogP contribution in [0.1, 0.15) is 38.5 Å². The molecule has 4 nitrogen and oxygen atoms in total. The molecule has 0 bridgehead atoms. The Morgan fingerprint density at radius 3 is 2.71 bits per heavy atom. The summed E-state index contributed by atoms with van der Waals surface area (Å²) >= 11 is 0. The summed E-state index contributed by atoms with van der Waals surface area (Å²) in [5.74, 6) is 0.997. The molecule has 17 heavy (non-hydrogen) atoms. The van der Waals surface area contributed by atoms with Gasteiger partial charge in [-0.3, -0.25) is 4.79 Å². The number of nitrogens with zero attached hydrogens (tertiary/aromatic N) is 1. The molecule has 1 heterocycles. The van der Waals surface area contributed by atoms with Crippen LogP contribution >= 0.6 is 0 Å². The molecule has 1 aliphatic heterocycles. The topological polar surface area (TPSA) is 55.6 Å². The SMILES string of the molecule is COC(CN)CC(=O)N1CCCC1C1CCC1. The first-order valence-electron chi connectivity index (χ1n) is 6.78. The number of carbonyl (C=O) groups is 1. The smallest absolute Gasteiger partial charge is 0.225 e. The monoisotopic (exact) mass is 240 g/mol. The molecular formula is C13H24N2O2. The molecule has 1 saturated heterocycles. The van der Waals surface area contributed by atoms with Gasteiger partial charge in [-0.05, 0) is 31.6 Å². The average Bonchev–Trinajstić information content (AvgIpc) is 2.72. The van der Waals surface area contributed by atoms with Crippen LogP contribution < -0.4 is 5.73 Å². The summed E-state index contributed by atoms with van der Waals surface area (Å²) in [5, 5.41) is 0. The maximum Gasteiger partial charge on any atom is 0.225 e. The molecule has 1 aliphatic carbocycles. The van der Waals surface area contributed by atoms with Crippen LogP contribution in [0.2, 0.25) is 0 Å². The van der Waals surface area contributed by atoms with E-state index in [1.807, 2.05) is 0 Å². The third-order valence-electron chi connectivity index (χ3n) is 4.31. The number of carbonyl (C=O) groups excluding carboxylic acids is 1. The predicted molar refractivity (Wildman–Crippen MR) is 66.5 cm³/mol. The molecule has 0 aromatic carbocycles. The normalized spacial score (nSPS) is 26.9. The fraction of sp³-hybridized carbons (Fsp3) is 0.923. The van der Waals surface area contributed by atoms with Gasteiger partial charge in [0.15, 0.2) is 0 Å². The summed E-state index contributed by atoms with van der Waals surface area (Å²) in [6, 6.07) is 0.506. The zero-order valence-corrected chi connectivity index (χ0v) is 10.7. The molecule has 2 unspecified atom stereocenters. The van der Waals surface area contributed by atoms with E-state index in [1.165, 1.54) is 25.7 Å². The van der Waals surface area contributed by atoms with Gasteiger partial charge in [0.25, 0.3) is 0 Å². The van der Waals surface area contributed by atoms with Gasteiger partial charge in [-0.25, -0.2) is 0 Å². The second-order valence-electron chi connectivity index (χ2n) is 5.29. The predicted octanol–water partition coefficient (Wildman–Crippen LogP) is 1.14. The van der Waals surface area contributed by atoms with Crippen LogP contribution in [0.3, 0.4) is 0 Å². The van der Waals surface area contributed by atoms with Crippen molar-refractivity contribution in [3.63, 3.8) is 0 Å². The number of hydrogen-bond acceptors (Lipinski definition) is 3. The largest absolute Gasteiger partial charge is 0.380 e. The lowest BCUT2D eigenvalue weighted by Gasteiger charge is -2.37. The van der Waals surface area contributed by atoms with Crippen LogP contribution in [0.4, 0.5) is 0 Å². The Balaban J connectivity index is 1.88. The first kappa shape index (κ1) is 12.8. The van der Waals surface area contributed by atoms with Gasteiger partial charge >= 0.3 is 0 Å². The minimum Gasteiger partial charge on any atom is -0.380 e. The van der Waals surface area contributed by atoms with E-state index in [0.717, 1.165) is 18.9 Å². The summed E-state index contributed by atoms with van der Waals surface area (Å²) in [6.45, 7) is 1.35. The molecule has 1 amide bonds. The Bertz CT molecular complexity index is 262. The maximum atomic E-state index is 12.2. The van der Waals surface area contributed by atoms with Crippen LogP contribution in [-0.4, -0.2) is 43.2 Å². The summed E-state index contributed by atoms with van der Waals surface area (Å²) in [6.07, 6.45) is 6.62. The minimum absolute atomic E-state index is 0.120. The lowest BCUT2D eigenvalue weighted by molar-refractivity contribution is -0.136. The molecule has 0 aromatic heterocycles. The Hall–Kier alpha value is -0.610. The first-order chi connectivity index (χ1) is 8.26. The van der Waals surface area contributed by atoms with Crippen molar-refractivity contribution in [1.29, 1.82) is 0 Å². The van der Waals surface area contributed by atoms with E-state index >= 15 is 0 Å². The number of amides is 1. The van der Waals surface area contributed by atoms with E-state index in [0.29, 0.717) is 19.0 Å². The van der Waals surface area contributed by atoms with Crippen LogP contribution in [0, 0.1) is 5.92 Å². The summed E-state index contributed by atoms with van der Waals surface area (Å²) in [5.41, 5.74) is 5.57. The van der Waals surface area contributed by atoms with Gasteiger partial charge in [-0.2, -0.15) is 0 Å². The van der Waals surface area contributed by atoms with Crippen molar-refractivity contribution in [2.45, 2.75) is 50.7 Å². The quantitative estimate of drug-likeness (QED) is 0.784. The van der Waals surface area contributed by atoms with Crippen molar-refractivity contribution in [2.75, 3.05) is 20.2 Å². The molecule has 0 radical (unpaired) electrons. The second kappa shape index (κ2) is 5.83. The van der Waals surface area contributed by atoms with Crippen molar-refractivity contribution in [3.05, 3.63) is 0 Å². The molecule has 2 rings (SSSR count). The second-order valence-corrected chi connectivity index (χ2v) is 5.29. The first-order valence-corrected chi connectivity index (χ1v) is 6.78. The standard InChI is InChI=1S/C13H24N2O2/c1-17-11(9-14)8-13(16)15-7-3-6-12(15)10-4-2-5-10/h10-12H,2-9,14H2,1H3. The number of ether oxygens (including phenoxy) is 1. The molecule has 2 atom stereocenters. The van der Waals surface area contributed by atoms with Gasteiger partial charge in [-0.15, -0.1) is 0 Å². The molecule has 98 valence electrons. The summed E-state index contributed by atoms with van der Waals surface area (Å²) < 4.78 is 5.19. The number of nitrogens with two attached hydrogens (primary N) is 1. The highest BCUT2D eigenvalue weighted by molar-refractivity contribution is 5.77. The third kappa shape index (κ3) is 2.80. The van der Waals surface area contributed by atoms with Crippen LogP contribution in [-0.2, 0) is 9.53 Å². The lowest BCUT2D eigenvalue weighted by Crippen LogP contribution is -2.44. The average molecular weight is 240 g/mol. The molecular weight excluding hydrogens is 216 g/mol. The van der Waals surface area contributed by atoms with Gasteiger partial charge in [-0.1, -0.05) is 6.42 Å². The highest BCUT2D eigenvalue weighted by Gasteiger charge is 2.37. The Labute approximate surface area is 103 Å². The number of hydrogen-bond donors (Lipinski definition) is 1. The summed E-state index contributed by atoms with van der Waals surface area (Å²) in [7, 11) is 1.62. The fourth-order valence-corrected chi connectivity index (χ4v) is 2.99. The minimum atomic E-state index is -0.120. The molecule has 4 heteroatoms. The van der Waals surface area contributed by atoms with Crippen LogP contribution in [0.15, 0.2) is 0 Å². The van der Waals surface area contributed by atoms with Crippen LogP contribution in [0.5, 0.6) is 0 Å². The fourth-order valence-electron chi connectivity index (χ4n) is 2.99. The molecule has 2 aliphatic rings. The number of methoxy groups -OCH3 is 1. The summed E-state index contributed by atoms with van der Waals surface area (Å²) in [4.78, 5) is 14.3. The van der Waals surface area contributed by atoms with E-state index in [1.54, 1.807) is 7.11 Å². The van der Waals surface area contributed by atoms with Crippen molar-refractivity contribution >= 4 is 5.91 Å². The van der Waals surface area contributed by atoms with Crippen molar-refractivity contribution in [1.82, 2.24) is 4.90 Å². The zero-order valence-electron chi connectivity index (χ0n) is 10.7. The van der Waals surface area contributed by atoms with Crippen molar-refractivity contribution < 1.29 is 9.53 Å². The van der Waals surface area contributed by atoms with Crippen molar-refractivity contribution in [3.8, 4) is 0 Å². The van der Waals surface area contributed by atoms with Crippen molar-refractivity contribution in [2.24, 2.45) is 11.7 Å². The van der Waals surface area contributed by atoms with Gasteiger partial charge in [0, 0.05) is 26.2 Å². The van der Waals surface area contributed by atoms with E-state index < -0.39 is 0 Å². The molecule has 1 saturated carbocycles. The molecule has 2 fully saturated rings. The Kier molecular flexibility index (Phi) is 4.40. The van der Waals surface area contributed by atoms with Gasteiger partial charge < -0.3 is 15.4 Å². The maximum absolute atomic E-state index is 12.2. The number of likely N-dealkylation sites (tertiary alicyclic amines) is 1. The lowest BCUT2D eigenvalue weighted by atomic mass is 9.79. The van der Waals surface area contributed by atoms with Gasteiger partial charge in [0.2, 0.25) is 5.91 Å². The number of rotatable bonds is 5. The third-order valence-corrected chi connectivity index (χ3v) is 4.31. The zero-order chi connectivity index (χ0) is 12.3. The van der Waals surface area contributed by atoms with Crippen LogP contribution in [0.25, 0.3) is 0 Å². The van der Waals surface area contributed by atoms with E-state index in [9.17, 15) is 4.79 Å². The van der Waals surface area contributed by atoms with Gasteiger partial charge in [0.1, 0.15) is 0 Å². The Morgan fingerprint density at radius 1 is 1.41 bits per heavy atom. The van der Waals surface area contributed by atoms with E-state index in [4.69, 9.17) is 10.5 Å². The van der Waals surface area contributed by atoms with Gasteiger partial charge in [0.05, 0.1) is 12.5 Å². The molecule has 0 aromatic rings. The molecule has 2 N–H and O–H groups in total. The highest BCUT2D eigenvalue weighted by atomic mass is 16.5. The van der Waals surface area contributed by atoms with E-state index in [2.05, 4.69) is 4.90 Å². The Morgan fingerprint density at radius 2 is 2.18 bits per heavy atom.